The monoisotopic (exact) mass is 342 g/mol. The fourth-order valence-corrected chi connectivity index (χ4v) is 3.47. The molecular formula is C20H14N4O2. The average Bonchev–Trinajstić information content (AvgIpc) is 3.30. The Bertz CT molecular complexity index is 1300. The second-order valence-electron chi connectivity index (χ2n) is 6.12. The molecule has 0 radical (unpaired) electrons. The Morgan fingerprint density at radius 3 is 2.50 bits per heavy atom. The third-order valence-electron chi connectivity index (χ3n) is 4.70. The van der Waals surface area contributed by atoms with E-state index in [0.29, 0.717) is 5.82 Å². The summed E-state index contributed by atoms with van der Waals surface area (Å²) in [6.45, 7) is 0. The van der Waals surface area contributed by atoms with Crippen molar-refractivity contribution in [3.05, 3.63) is 77.4 Å². The first-order valence-corrected chi connectivity index (χ1v) is 8.20. The van der Waals surface area contributed by atoms with Gasteiger partial charge in [-0.2, -0.15) is 4.98 Å². The lowest BCUT2D eigenvalue weighted by molar-refractivity contribution is 0.419. The third-order valence-corrected chi connectivity index (χ3v) is 4.70. The van der Waals surface area contributed by atoms with Crippen LogP contribution in [0.4, 0.5) is 0 Å². The standard InChI is InChI=1S/C20H14N4O2/c1-23-16-5-3-2-4-15(16)19-17(23)10-11-18(25)24(19)14-8-6-13(7-9-14)20-21-12-26-22-20/h2-12H,1H3. The van der Waals surface area contributed by atoms with E-state index in [1.54, 1.807) is 10.6 Å². The van der Waals surface area contributed by atoms with E-state index in [4.69, 9.17) is 4.52 Å². The smallest absolute Gasteiger partial charge is 0.255 e. The molecule has 0 N–H and O–H groups in total. The molecule has 6 nitrogen and oxygen atoms in total. The highest BCUT2D eigenvalue weighted by Crippen LogP contribution is 2.29. The minimum Gasteiger partial charge on any atom is -0.342 e. The van der Waals surface area contributed by atoms with Crippen LogP contribution in [0.15, 0.2) is 76.4 Å². The Morgan fingerprint density at radius 2 is 1.73 bits per heavy atom. The minimum absolute atomic E-state index is 0.0684. The highest BCUT2D eigenvalue weighted by atomic mass is 16.5. The molecule has 6 heteroatoms. The summed E-state index contributed by atoms with van der Waals surface area (Å²) in [4.78, 5) is 16.8. The quantitative estimate of drug-likeness (QED) is 0.492. The van der Waals surface area contributed by atoms with Crippen LogP contribution in [0.5, 0.6) is 0 Å². The van der Waals surface area contributed by atoms with E-state index in [1.165, 1.54) is 6.39 Å². The Hall–Kier alpha value is -3.67. The normalized spacial score (nSPS) is 11.4. The Labute approximate surface area is 147 Å². The fraction of sp³-hybridized carbons (Fsp3) is 0.0500. The van der Waals surface area contributed by atoms with Gasteiger partial charge in [0.1, 0.15) is 0 Å². The topological polar surface area (TPSA) is 65.8 Å². The van der Waals surface area contributed by atoms with Crippen molar-refractivity contribution in [2.24, 2.45) is 7.05 Å². The maximum absolute atomic E-state index is 12.7. The lowest BCUT2D eigenvalue weighted by atomic mass is 10.1. The third kappa shape index (κ3) is 2.02. The number of hydrogen-bond acceptors (Lipinski definition) is 4. The van der Waals surface area contributed by atoms with Crippen molar-refractivity contribution in [3.63, 3.8) is 0 Å². The number of hydrogen-bond donors (Lipinski definition) is 0. The summed E-state index contributed by atoms with van der Waals surface area (Å²) in [5, 5.41) is 4.89. The number of rotatable bonds is 2. The summed E-state index contributed by atoms with van der Waals surface area (Å²) in [5.74, 6) is 0.521. The van der Waals surface area contributed by atoms with E-state index in [1.807, 2.05) is 55.6 Å². The van der Waals surface area contributed by atoms with Gasteiger partial charge in [-0.3, -0.25) is 9.36 Å². The molecule has 5 rings (SSSR count). The molecule has 26 heavy (non-hydrogen) atoms. The van der Waals surface area contributed by atoms with Crippen molar-refractivity contribution in [1.29, 1.82) is 0 Å². The number of benzene rings is 2. The maximum Gasteiger partial charge on any atom is 0.255 e. The number of pyridine rings is 1. The molecule has 0 aliphatic carbocycles. The van der Waals surface area contributed by atoms with Crippen LogP contribution in [0.2, 0.25) is 0 Å². The molecule has 3 aromatic heterocycles. The van der Waals surface area contributed by atoms with Crippen molar-refractivity contribution in [1.82, 2.24) is 19.3 Å². The summed E-state index contributed by atoms with van der Waals surface area (Å²) in [6.07, 6.45) is 1.30. The molecule has 0 saturated carbocycles. The van der Waals surface area contributed by atoms with E-state index in [9.17, 15) is 4.79 Å². The Kier molecular flexibility index (Phi) is 3.05. The van der Waals surface area contributed by atoms with Crippen molar-refractivity contribution in [2.45, 2.75) is 0 Å². The highest BCUT2D eigenvalue weighted by Gasteiger charge is 2.14. The summed E-state index contributed by atoms with van der Waals surface area (Å²) in [7, 11) is 2.01. The molecule has 0 aliphatic rings. The molecular weight excluding hydrogens is 328 g/mol. The van der Waals surface area contributed by atoms with Gasteiger partial charge in [0, 0.05) is 29.8 Å². The zero-order chi connectivity index (χ0) is 17.7. The maximum atomic E-state index is 12.7. The van der Waals surface area contributed by atoms with Gasteiger partial charge in [-0.15, -0.1) is 0 Å². The second kappa shape index (κ2) is 5.42. The molecule has 0 unspecified atom stereocenters. The van der Waals surface area contributed by atoms with E-state index in [-0.39, 0.29) is 5.56 Å². The van der Waals surface area contributed by atoms with Crippen LogP contribution < -0.4 is 5.56 Å². The lowest BCUT2D eigenvalue weighted by Crippen LogP contribution is -2.17. The Morgan fingerprint density at radius 1 is 0.923 bits per heavy atom. The highest BCUT2D eigenvalue weighted by molar-refractivity contribution is 6.06. The van der Waals surface area contributed by atoms with E-state index in [2.05, 4.69) is 20.8 Å². The summed E-state index contributed by atoms with van der Waals surface area (Å²) in [5.41, 5.74) is 4.56. The van der Waals surface area contributed by atoms with Gasteiger partial charge in [0.15, 0.2) is 0 Å². The van der Waals surface area contributed by atoms with E-state index in [0.717, 1.165) is 33.2 Å². The van der Waals surface area contributed by atoms with Gasteiger partial charge in [0.2, 0.25) is 12.2 Å². The largest absolute Gasteiger partial charge is 0.342 e. The zero-order valence-corrected chi connectivity index (χ0v) is 14.0. The van der Waals surface area contributed by atoms with Gasteiger partial charge in [-0.1, -0.05) is 23.4 Å². The fourth-order valence-electron chi connectivity index (χ4n) is 3.47. The summed E-state index contributed by atoms with van der Waals surface area (Å²) < 4.78 is 8.65. The predicted octanol–water partition coefficient (Wildman–Crippen LogP) is 3.53. The van der Waals surface area contributed by atoms with Gasteiger partial charge < -0.3 is 9.09 Å². The van der Waals surface area contributed by atoms with Crippen LogP contribution in [0.3, 0.4) is 0 Å². The summed E-state index contributed by atoms with van der Waals surface area (Å²) >= 11 is 0. The number of nitrogens with zero attached hydrogens (tertiary/aromatic N) is 4. The van der Waals surface area contributed by atoms with Gasteiger partial charge >= 0.3 is 0 Å². The first-order valence-electron chi connectivity index (χ1n) is 8.20. The van der Waals surface area contributed by atoms with Crippen LogP contribution in [0.25, 0.3) is 39.0 Å². The van der Waals surface area contributed by atoms with Crippen molar-refractivity contribution in [2.75, 3.05) is 0 Å². The van der Waals surface area contributed by atoms with Crippen molar-refractivity contribution >= 4 is 21.9 Å². The Balaban J connectivity index is 1.80. The molecule has 126 valence electrons. The van der Waals surface area contributed by atoms with E-state index < -0.39 is 0 Å². The predicted molar refractivity (Wildman–Crippen MR) is 99.3 cm³/mol. The molecule has 0 amide bonds. The number of aryl methyl sites for hydroxylation is 1. The molecule has 0 fully saturated rings. The van der Waals surface area contributed by atoms with Crippen LogP contribution in [0.1, 0.15) is 0 Å². The van der Waals surface area contributed by atoms with Crippen LogP contribution in [-0.4, -0.2) is 19.3 Å². The number of para-hydroxylation sites is 1. The van der Waals surface area contributed by atoms with Gasteiger partial charge in [-0.25, -0.2) is 0 Å². The zero-order valence-electron chi connectivity index (χ0n) is 14.0. The second-order valence-corrected chi connectivity index (χ2v) is 6.12. The summed E-state index contributed by atoms with van der Waals surface area (Å²) in [6, 6.07) is 19.1. The minimum atomic E-state index is -0.0684. The van der Waals surface area contributed by atoms with Gasteiger partial charge in [0.05, 0.1) is 16.6 Å². The number of aromatic nitrogens is 4. The van der Waals surface area contributed by atoms with Gasteiger partial charge in [0.25, 0.3) is 5.56 Å². The first kappa shape index (κ1) is 14.7. The molecule has 0 aliphatic heterocycles. The molecule has 0 spiro atoms. The molecule has 0 bridgehead atoms. The number of fused-ring (bicyclic) bond motifs is 3. The van der Waals surface area contributed by atoms with Crippen molar-refractivity contribution in [3.8, 4) is 17.1 Å². The first-order chi connectivity index (χ1) is 12.7. The van der Waals surface area contributed by atoms with E-state index >= 15 is 0 Å². The lowest BCUT2D eigenvalue weighted by Gasteiger charge is -2.09. The van der Waals surface area contributed by atoms with Crippen LogP contribution in [-0.2, 0) is 7.05 Å². The van der Waals surface area contributed by atoms with Crippen LogP contribution >= 0.6 is 0 Å². The SMILES string of the molecule is Cn1c2ccccc2c2c1ccc(=O)n2-c1ccc(-c2ncon2)cc1. The van der Waals surface area contributed by atoms with Gasteiger partial charge in [-0.05, 0) is 36.4 Å². The molecule has 2 aromatic carbocycles. The molecule has 5 aromatic rings. The van der Waals surface area contributed by atoms with Crippen molar-refractivity contribution < 1.29 is 4.52 Å². The molecule has 3 heterocycles. The average molecular weight is 342 g/mol. The molecule has 0 atom stereocenters. The van der Waals surface area contributed by atoms with Crippen LogP contribution in [0, 0.1) is 0 Å². The molecule has 0 saturated heterocycles.